The van der Waals surface area contributed by atoms with Crippen molar-refractivity contribution in [3.05, 3.63) is 11.8 Å². The van der Waals surface area contributed by atoms with Crippen molar-refractivity contribution in [2.45, 2.75) is 26.3 Å². The fraction of sp³-hybridized carbons (Fsp3) is 0.667. The summed E-state index contributed by atoms with van der Waals surface area (Å²) < 4.78 is 5.20. The maximum atomic E-state index is 10.3. The van der Waals surface area contributed by atoms with Crippen LogP contribution in [0, 0.1) is 6.92 Å². The third-order valence-corrected chi connectivity index (χ3v) is 1.90. The van der Waals surface area contributed by atoms with E-state index in [0.29, 0.717) is 31.3 Å². The molecule has 0 aliphatic heterocycles. The first-order valence-corrected chi connectivity index (χ1v) is 4.77. The van der Waals surface area contributed by atoms with Crippen molar-refractivity contribution < 1.29 is 14.3 Å². The molecule has 15 heavy (non-hydrogen) atoms. The zero-order valence-corrected chi connectivity index (χ0v) is 8.93. The second kappa shape index (κ2) is 5.45. The van der Waals surface area contributed by atoms with Gasteiger partial charge in [-0.1, -0.05) is 0 Å². The maximum absolute atomic E-state index is 10.3. The summed E-state index contributed by atoms with van der Waals surface area (Å²) in [6.45, 7) is 3.00. The van der Waals surface area contributed by atoms with Crippen LogP contribution >= 0.6 is 0 Å². The van der Waals surface area contributed by atoms with Crippen molar-refractivity contribution in [1.29, 1.82) is 0 Å². The van der Waals surface area contributed by atoms with Crippen LogP contribution in [0.4, 0.5) is 0 Å². The minimum Gasteiger partial charge on any atom is -0.481 e. The molecule has 0 aliphatic rings. The molecule has 0 spiro atoms. The monoisotopic (exact) mass is 213 g/mol. The summed E-state index contributed by atoms with van der Waals surface area (Å²) in [5.41, 5.74) is 0. The van der Waals surface area contributed by atoms with Gasteiger partial charge in [0.1, 0.15) is 0 Å². The molecule has 84 valence electrons. The Morgan fingerprint density at radius 3 is 2.80 bits per heavy atom. The van der Waals surface area contributed by atoms with E-state index in [4.69, 9.17) is 9.52 Å². The Balaban J connectivity index is 2.24. The van der Waals surface area contributed by atoms with Crippen molar-refractivity contribution in [1.82, 2.24) is 15.1 Å². The zero-order chi connectivity index (χ0) is 11.3. The van der Waals surface area contributed by atoms with Crippen LogP contribution in [0.3, 0.4) is 0 Å². The molecule has 0 aromatic carbocycles. The van der Waals surface area contributed by atoms with Crippen molar-refractivity contribution in [3.63, 3.8) is 0 Å². The summed E-state index contributed by atoms with van der Waals surface area (Å²) in [7, 11) is 1.89. The summed E-state index contributed by atoms with van der Waals surface area (Å²) in [5, 5.41) is 16.0. The van der Waals surface area contributed by atoms with Crippen molar-refractivity contribution >= 4 is 5.97 Å². The molecule has 0 fully saturated rings. The van der Waals surface area contributed by atoms with Crippen molar-refractivity contribution in [2.24, 2.45) is 0 Å². The third-order valence-electron chi connectivity index (χ3n) is 1.90. The van der Waals surface area contributed by atoms with Crippen LogP contribution in [-0.2, 0) is 11.3 Å². The summed E-state index contributed by atoms with van der Waals surface area (Å²) in [6, 6.07) is 0. The lowest BCUT2D eigenvalue weighted by molar-refractivity contribution is -0.137. The third kappa shape index (κ3) is 4.55. The van der Waals surface area contributed by atoms with Gasteiger partial charge in [0.25, 0.3) is 0 Å². The number of hydrogen-bond donors (Lipinski definition) is 1. The molecule has 1 N–H and O–H groups in total. The van der Waals surface area contributed by atoms with E-state index in [1.165, 1.54) is 0 Å². The Morgan fingerprint density at radius 2 is 2.27 bits per heavy atom. The van der Waals surface area contributed by atoms with Gasteiger partial charge in [-0.15, -0.1) is 10.2 Å². The zero-order valence-electron chi connectivity index (χ0n) is 8.93. The average Bonchev–Trinajstić information content (AvgIpc) is 2.50. The summed E-state index contributed by atoms with van der Waals surface area (Å²) in [4.78, 5) is 12.2. The molecule has 0 saturated heterocycles. The van der Waals surface area contributed by atoms with Crippen LogP contribution in [-0.4, -0.2) is 39.8 Å². The Bertz CT molecular complexity index is 324. The molecule has 0 radical (unpaired) electrons. The Labute approximate surface area is 87.9 Å². The van der Waals surface area contributed by atoms with Crippen molar-refractivity contribution in [2.75, 3.05) is 13.6 Å². The number of aliphatic carboxylic acids is 1. The van der Waals surface area contributed by atoms with Gasteiger partial charge in [0, 0.05) is 13.3 Å². The molecule has 0 bridgehead atoms. The molecule has 1 aromatic rings. The van der Waals surface area contributed by atoms with Crippen LogP contribution in [0.2, 0.25) is 0 Å². The predicted molar refractivity (Wildman–Crippen MR) is 52.2 cm³/mol. The molecule has 1 heterocycles. The number of aryl methyl sites for hydroxylation is 1. The van der Waals surface area contributed by atoms with E-state index in [-0.39, 0.29) is 6.42 Å². The SMILES string of the molecule is Cc1nnc(CN(C)CCCC(=O)O)o1. The topological polar surface area (TPSA) is 79.5 Å². The first-order chi connectivity index (χ1) is 7.08. The van der Waals surface area contributed by atoms with Gasteiger partial charge in [-0.05, 0) is 20.0 Å². The fourth-order valence-electron chi connectivity index (χ4n) is 1.21. The van der Waals surface area contributed by atoms with Gasteiger partial charge in [0.2, 0.25) is 11.8 Å². The van der Waals surface area contributed by atoms with Crippen LogP contribution in [0.15, 0.2) is 4.42 Å². The number of carbonyl (C=O) groups is 1. The highest BCUT2D eigenvalue weighted by Crippen LogP contribution is 2.02. The van der Waals surface area contributed by atoms with Crippen LogP contribution in [0.5, 0.6) is 0 Å². The number of aromatic nitrogens is 2. The standard InChI is InChI=1S/C9H15N3O3/c1-7-10-11-8(15-7)6-12(2)5-3-4-9(13)14/h3-6H2,1-2H3,(H,13,14). The molecule has 0 saturated carbocycles. The van der Waals surface area contributed by atoms with E-state index in [2.05, 4.69) is 10.2 Å². The predicted octanol–water partition coefficient (Wildman–Crippen LogP) is 0.675. The van der Waals surface area contributed by atoms with Crippen molar-refractivity contribution in [3.8, 4) is 0 Å². The van der Waals surface area contributed by atoms with Gasteiger partial charge >= 0.3 is 5.97 Å². The van der Waals surface area contributed by atoms with Gasteiger partial charge in [-0.25, -0.2) is 0 Å². The van der Waals surface area contributed by atoms with E-state index >= 15 is 0 Å². The minimum atomic E-state index is -0.767. The molecule has 6 nitrogen and oxygen atoms in total. The second-order valence-corrected chi connectivity index (χ2v) is 3.45. The summed E-state index contributed by atoms with van der Waals surface area (Å²) >= 11 is 0. The largest absolute Gasteiger partial charge is 0.481 e. The quantitative estimate of drug-likeness (QED) is 0.748. The number of carboxylic acid groups (broad SMARTS) is 1. The van der Waals surface area contributed by atoms with Gasteiger partial charge < -0.3 is 9.52 Å². The first-order valence-electron chi connectivity index (χ1n) is 4.77. The lowest BCUT2D eigenvalue weighted by Gasteiger charge is -2.12. The molecule has 0 atom stereocenters. The molecular formula is C9H15N3O3. The van der Waals surface area contributed by atoms with E-state index in [1.54, 1.807) is 6.92 Å². The number of hydrogen-bond acceptors (Lipinski definition) is 5. The molecule has 1 rings (SSSR count). The smallest absolute Gasteiger partial charge is 0.303 e. The maximum Gasteiger partial charge on any atom is 0.303 e. The summed E-state index contributed by atoms with van der Waals surface area (Å²) in [6.07, 6.45) is 0.812. The van der Waals surface area contributed by atoms with E-state index in [1.807, 2.05) is 11.9 Å². The fourth-order valence-corrected chi connectivity index (χ4v) is 1.21. The highest BCUT2D eigenvalue weighted by Gasteiger charge is 2.06. The van der Waals surface area contributed by atoms with Gasteiger partial charge in [0.05, 0.1) is 6.54 Å². The van der Waals surface area contributed by atoms with Crippen LogP contribution in [0.1, 0.15) is 24.6 Å². The van der Waals surface area contributed by atoms with E-state index in [0.717, 1.165) is 0 Å². The lowest BCUT2D eigenvalue weighted by Crippen LogP contribution is -2.20. The Hall–Kier alpha value is -1.43. The van der Waals surface area contributed by atoms with E-state index < -0.39 is 5.97 Å². The Morgan fingerprint density at radius 1 is 1.53 bits per heavy atom. The second-order valence-electron chi connectivity index (χ2n) is 3.45. The van der Waals surface area contributed by atoms with Gasteiger partial charge in [-0.3, -0.25) is 9.69 Å². The molecule has 6 heteroatoms. The first kappa shape index (κ1) is 11.6. The molecule has 1 aromatic heterocycles. The highest BCUT2D eigenvalue weighted by atomic mass is 16.4. The lowest BCUT2D eigenvalue weighted by atomic mass is 10.3. The van der Waals surface area contributed by atoms with E-state index in [9.17, 15) is 4.79 Å². The van der Waals surface area contributed by atoms with Crippen LogP contribution in [0.25, 0.3) is 0 Å². The molecule has 0 aliphatic carbocycles. The van der Waals surface area contributed by atoms with Gasteiger partial charge in [0.15, 0.2) is 0 Å². The highest BCUT2D eigenvalue weighted by molar-refractivity contribution is 5.66. The number of nitrogens with zero attached hydrogens (tertiary/aromatic N) is 3. The number of rotatable bonds is 6. The normalized spacial score (nSPS) is 10.9. The summed E-state index contributed by atoms with van der Waals surface area (Å²) in [5.74, 6) is 0.339. The minimum absolute atomic E-state index is 0.188. The molecular weight excluding hydrogens is 198 g/mol. The van der Waals surface area contributed by atoms with Gasteiger partial charge in [-0.2, -0.15) is 0 Å². The molecule has 0 amide bonds. The average molecular weight is 213 g/mol. The number of carboxylic acids is 1. The Kier molecular flexibility index (Phi) is 4.23. The van der Waals surface area contributed by atoms with Crippen LogP contribution < -0.4 is 0 Å². The molecule has 0 unspecified atom stereocenters.